The van der Waals surface area contributed by atoms with E-state index in [2.05, 4.69) is 10.5 Å². The summed E-state index contributed by atoms with van der Waals surface area (Å²) in [5.74, 6) is -0.327. The van der Waals surface area contributed by atoms with Crippen LogP contribution in [-0.2, 0) is 0 Å². The maximum atomic E-state index is 12.6. The van der Waals surface area contributed by atoms with Gasteiger partial charge in [-0.1, -0.05) is 30.3 Å². The first kappa shape index (κ1) is 19.4. The van der Waals surface area contributed by atoms with Crippen LogP contribution in [0.5, 0.6) is 5.75 Å². The summed E-state index contributed by atoms with van der Waals surface area (Å²) in [7, 11) is 0. The number of nitrogens with zero attached hydrogens (tertiary/aromatic N) is 2. The van der Waals surface area contributed by atoms with Crippen molar-refractivity contribution in [1.82, 2.24) is 9.99 Å². The fraction of sp³-hybridized carbons (Fsp3) is 0. The summed E-state index contributed by atoms with van der Waals surface area (Å²) in [5.41, 5.74) is 4.50. The molecule has 148 valence electrons. The average molecular weight is 415 g/mol. The molecule has 0 unspecified atom stereocenters. The Balaban J connectivity index is 1.43. The topological polar surface area (TPSA) is 72.7 Å². The molecule has 0 aliphatic carbocycles. The Labute approximate surface area is 177 Å². The van der Waals surface area contributed by atoms with Crippen molar-refractivity contribution < 1.29 is 14.3 Å². The number of carbonyl (C=O) groups excluding carboxylic acids is 2. The number of ether oxygens (including phenoxy) is 1. The number of thiophene rings is 1. The van der Waals surface area contributed by atoms with Crippen LogP contribution in [0.25, 0.3) is 5.69 Å². The molecule has 6 nitrogen and oxygen atoms in total. The zero-order valence-corrected chi connectivity index (χ0v) is 16.6. The molecule has 0 spiro atoms. The van der Waals surface area contributed by atoms with Crippen LogP contribution in [0.15, 0.2) is 95.7 Å². The molecule has 1 amide bonds. The van der Waals surface area contributed by atoms with Crippen molar-refractivity contribution in [2.75, 3.05) is 0 Å². The standard InChI is InChI=1S/C23H17N3O3S/c27-22(19-9-1-2-10-20(19)26-12-3-4-13-26)25-24-16-17-7-5-8-18(15-17)29-23(28)21-11-6-14-30-21/h1-16H,(H,25,27)/b24-16-. The maximum absolute atomic E-state index is 12.6. The Morgan fingerprint density at radius 3 is 2.60 bits per heavy atom. The van der Waals surface area contributed by atoms with E-state index in [1.807, 2.05) is 46.6 Å². The van der Waals surface area contributed by atoms with Gasteiger partial charge in [-0.15, -0.1) is 11.3 Å². The molecule has 0 radical (unpaired) electrons. The van der Waals surface area contributed by atoms with Crippen LogP contribution in [0.2, 0.25) is 0 Å². The van der Waals surface area contributed by atoms with Gasteiger partial charge >= 0.3 is 5.97 Å². The van der Waals surface area contributed by atoms with E-state index in [0.29, 0.717) is 21.8 Å². The van der Waals surface area contributed by atoms with Gasteiger partial charge in [-0.2, -0.15) is 5.10 Å². The van der Waals surface area contributed by atoms with Gasteiger partial charge in [0.1, 0.15) is 10.6 Å². The summed E-state index contributed by atoms with van der Waals surface area (Å²) in [6.07, 6.45) is 5.25. The van der Waals surface area contributed by atoms with Crippen LogP contribution in [-0.4, -0.2) is 22.7 Å². The Kier molecular flexibility index (Phi) is 5.82. The lowest BCUT2D eigenvalue weighted by molar-refractivity contribution is 0.0739. The minimum atomic E-state index is -0.408. The van der Waals surface area contributed by atoms with Crippen molar-refractivity contribution in [1.29, 1.82) is 0 Å². The van der Waals surface area contributed by atoms with E-state index in [1.54, 1.807) is 48.5 Å². The highest BCUT2D eigenvalue weighted by molar-refractivity contribution is 7.12. The van der Waals surface area contributed by atoms with Gasteiger partial charge in [-0.3, -0.25) is 4.79 Å². The summed E-state index contributed by atoms with van der Waals surface area (Å²) in [4.78, 5) is 25.2. The van der Waals surface area contributed by atoms with Crippen molar-refractivity contribution in [2.24, 2.45) is 5.10 Å². The maximum Gasteiger partial charge on any atom is 0.353 e. The fourth-order valence-corrected chi connectivity index (χ4v) is 3.42. The van der Waals surface area contributed by atoms with Crippen molar-refractivity contribution in [3.63, 3.8) is 0 Å². The van der Waals surface area contributed by atoms with Crippen LogP contribution in [0.3, 0.4) is 0 Å². The average Bonchev–Trinajstić information content (AvgIpc) is 3.48. The van der Waals surface area contributed by atoms with E-state index >= 15 is 0 Å². The highest BCUT2D eigenvalue weighted by Gasteiger charge is 2.11. The molecule has 0 saturated carbocycles. The van der Waals surface area contributed by atoms with Crippen molar-refractivity contribution in [2.45, 2.75) is 0 Å². The molecule has 4 aromatic rings. The van der Waals surface area contributed by atoms with Gasteiger partial charge in [0.15, 0.2) is 0 Å². The first-order chi connectivity index (χ1) is 14.7. The molecule has 2 heterocycles. The number of hydrogen-bond acceptors (Lipinski definition) is 5. The van der Waals surface area contributed by atoms with Crippen LogP contribution in [0, 0.1) is 0 Å². The second kappa shape index (κ2) is 9.02. The second-order valence-corrected chi connectivity index (χ2v) is 7.19. The zero-order valence-electron chi connectivity index (χ0n) is 15.8. The van der Waals surface area contributed by atoms with Gasteiger partial charge in [0.2, 0.25) is 0 Å². The normalized spacial score (nSPS) is 10.8. The van der Waals surface area contributed by atoms with E-state index in [0.717, 1.165) is 5.69 Å². The van der Waals surface area contributed by atoms with E-state index in [1.165, 1.54) is 17.6 Å². The van der Waals surface area contributed by atoms with Crippen LogP contribution in [0.4, 0.5) is 0 Å². The number of benzene rings is 2. The number of para-hydroxylation sites is 1. The highest BCUT2D eigenvalue weighted by Crippen LogP contribution is 2.17. The predicted octanol–water partition coefficient (Wildman–Crippen LogP) is 4.52. The number of hydrogen-bond donors (Lipinski definition) is 1. The van der Waals surface area contributed by atoms with E-state index in [-0.39, 0.29) is 5.91 Å². The predicted molar refractivity (Wildman–Crippen MR) is 117 cm³/mol. The lowest BCUT2D eigenvalue weighted by Crippen LogP contribution is -2.19. The number of carbonyl (C=O) groups is 2. The van der Waals surface area contributed by atoms with Gasteiger partial charge in [0.25, 0.3) is 5.91 Å². The minimum absolute atomic E-state index is 0.323. The van der Waals surface area contributed by atoms with Crippen LogP contribution < -0.4 is 10.2 Å². The Morgan fingerprint density at radius 2 is 1.80 bits per heavy atom. The molecule has 0 atom stereocenters. The Bertz CT molecular complexity index is 1180. The number of esters is 1. The van der Waals surface area contributed by atoms with Crippen LogP contribution in [0.1, 0.15) is 25.6 Å². The van der Waals surface area contributed by atoms with Crippen molar-refractivity contribution in [3.05, 3.63) is 107 Å². The first-order valence-electron chi connectivity index (χ1n) is 9.12. The summed E-state index contributed by atoms with van der Waals surface area (Å²) >= 11 is 1.32. The molecule has 1 N–H and O–H groups in total. The number of rotatable bonds is 6. The molecule has 7 heteroatoms. The molecule has 0 saturated heterocycles. The largest absolute Gasteiger partial charge is 0.422 e. The van der Waals surface area contributed by atoms with E-state index in [9.17, 15) is 9.59 Å². The third-order valence-electron chi connectivity index (χ3n) is 4.20. The zero-order chi connectivity index (χ0) is 20.8. The monoisotopic (exact) mass is 415 g/mol. The Hall–Kier alpha value is -3.97. The second-order valence-electron chi connectivity index (χ2n) is 6.25. The van der Waals surface area contributed by atoms with E-state index in [4.69, 9.17) is 4.74 Å². The molecule has 4 rings (SSSR count). The SMILES string of the molecule is O=C(Oc1cccc(/C=N\NC(=O)c2ccccc2-n2cccc2)c1)c1cccs1. The summed E-state index contributed by atoms with van der Waals surface area (Å²) < 4.78 is 7.24. The number of nitrogens with one attached hydrogen (secondary N) is 1. The van der Waals surface area contributed by atoms with Crippen LogP contribution >= 0.6 is 11.3 Å². The fourth-order valence-electron chi connectivity index (χ4n) is 2.82. The molecule has 0 aliphatic heterocycles. The molecule has 0 fully saturated rings. The first-order valence-corrected chi connectivity index (χ1v) is 10.0. The molecular formula is C23H17N3O3S. The van der Waals surface area contributed by atoms with E-state index < -0.39 is 5.97 Å². The molecule has 2 aromatic carbocycles. The smallest absolute Gasteiger partial charge is 0.353 e. The van der Waals surface area contributed by atoms with Gasteiger partial charge in [0, 0.05) is 12.4 Å². The lowest BCUT2D eigenvalue weighted by atomic mass is 10.1. The third kappa shape index (κ3) is 4.53. The quantitative estimate of drug-likeness (QED) is 0.218. The Morgan fingerprint density at radius 1 is 0.967 bits per heavy atom. The highest BCUT2D eigenvalue weighted by atomic mass is 32.1. The molecule has 0 bridgehead atoms. The lowest BCUT2D eigenvalue weighted by Gasteiger charge is -2.09. The number of hydrazone groups is 1. The van der Waals surface area contributed by atoms with Gasteiger partial charge in [-0.05, 0) is 53.4 Å². The summed E-state index contributed by atoms with van der Waals surface area (Å²) in [6.45, 7) is 0. The van der Waals surface area contributed by atoms with Crippen molar-refractivity contribution in [3.8, 4) is 11.4 Å². The third-order valence-corrected chi connectivity index (χ3v) is 5.05. The summed E-state index contributed by atoms with van der Waals surface area (Å²) in [6, 6.07) is 21.5. The molecule has 2 aromatic heterocycles. The molecular weight excluding hydrogens is 398 g/mol. The molecule has 0 aliphatic rings. The van der Waals surface area contributed by atoms with Crippen molar-refractivity contribution >= 4 is 29.4 Å². The minimum Gasteiger partial charge on any atom is -0.422 e. The van der Waals surface area contributed by atoms with Gasteiger partial charge < -0.3 is 9.30 Å². The van der Waals surface area contributed by atoms with Gasteiger partial charge in [0.05, 0.1) is 17.5 Å². The number of aromatic nitrogens is 1. The molecule has 30 heavy (non-hydrogen) atoms. The number of amides is 1. The summed E-state index contributed by atoms with van der Waals surface area (Å²) in [5, 5.41) is 5.85. The van der Waals surface area contributed by atoms with Gasteiger partial charge in [-0.25, -0.2) is 10.2 Å².